The number of aryl methyl sites for hydroxylation is 2. The maximum absolute atomic E-state index is 12.1. The molecule has 0 radical (unpaired) electrons. The molecule has 1 amide bonds. The van der Waals surface area contributed by atoms with Crippen LogP contribution in [-0.2, 0) is 11.2 Å². The van der Waals surface area contributed by atoms with Crippen LogP contribution in [0.5, 0.6) is 5.75 Å². The van der Waals surface area contributed by atoms with Crippen molar-refractivity contribution < 1.29 is 14.7 Å². The Morgan fingerprint density at radius 3 is 2.46 bits per heavy atom. The highest BCUT2D eigenvalue weighted by Gasteiger charge is 2.10. The van der Waals surface area contributed by atoms with Crippen molar-refractivity contribution in [1.82, 2.24) is 5.32 Å². The summed E-state index contributed by atoms with van der Waals surface area (Å²) in [6.07, 6.45) is 0.932. The fourth-order valence-electron chi connectivity index (χ4n) is 2.43. The lowest BCUT2D eigenvalue weighted by Crippen LogP contribution is -2.26. The molecule has 24 heavy (non-hydrogen) atoms. The zero-order valence-electron chi connectivity index (χ0n) is 14.1. The summed E-state index contributed by atoms with van der Waals surface area (Å²) >= 11 is 0. The first kappa shape index (κ1) is 17.7. The lowest BCUT2D eigenvalue weighted by Gasteiger charge is -2.07. The van der Waals surface area contributed by atoms with E-state index in [4.69, 9.17) is 0 Å². The van der Waals surface area contributed by atoms with E-state index in [9.17, 15) is 14.7 Å². The van der Waals surface area contributed by atoms with Crippen LogP contribution in [0, 0.1) is 13.8 Å². The average molecular weight is 325 g/mol. The van der Waals surface area contributed by atoms with E-state index in [1.807, 2.05) is 38.1 Å². The minimum absolute atomic E-state index is 0.0195. The van der Waals surface area contributed by atoms with Gasteiger partial charge in [0.2, 0.25) is 5.91 Å². The SMILES string of the molecule is Cc1ccc(C(=O)CCC(=O)NCCc2ccccc2O)cc1C. The molecule has 0 fully saturated rings. The van der Waals surface area contributed by atoms with E-state index >= 15 is 0 Å². The summed E-state index contributed by atoms with van der Waals surface area (Å²) in [5.41, 5.74) is 3.67. The Kier molecular flexibility index (Phi) is 6.13. The van der Waals surface area contributed by atoms with Gasteiger partial charge < -0.3 is 10.4 Å². The van der Waals surface area contributed by atoms with Gasteiger partial charge in [-0.05, 0) is 49.1 Å². The Morgan fingerprint density at radius 1 is 1.00 bits per heavy atom. The van der Waals surface area contributed by atoms with E-state index in [1.54, 1.807) is 18.2 Å². The van der Waals surface area contributed by atoms with Crippen molar-refractivity contribution >= 4 is 11.7 Å². The molecular weight excluding hydrogens is 302 g/mol. The molecule has 0 aliphatic rings. The minimum atomic E-state index is -0.150. The number of phenolic OH excluding ortho intramolecular Hbond substituents is 1. The number of rotatable bonds is 7. The fraction of sp³-hybridized carbons (Fsp3) is 0.300. The van der Waals surface area contributed by atoms with E-state index in [-0.39, 0.29) is 30.3 Å². The Balaban J connectivity index is 1.75. The Morgan fingerprint density at radius 2 is 1.75 bits per heavy atom. The highest BCUT2D eigenvalue weighted by atomic mass is 16.3. The summed E-state index contributed by atoms with van der Waals surface area (Å²) in [6, 6.07) is 12.7. The van der Waals surface area contributed by atoms with Gasteiger partial charge in [-0.3, -0.25) is 9.59 Å². The Bertz CT molecular complexity index is 737. The molecular formula is C20H23NO3. The van der Waals surface area contributed by atoms with Gasteiger partial charge in [-0.25, -0.2) is 0 Å². The molecule has 0 saturated heterocycles. The van der Waals surface area contributed by atoms with E-state index in [1.165, 1.54) is 0 Å². The van der Waals surface area contributed by atoms with Crippen molar-refractivity contribution in [3.8, 4) is 5.75 Å². The molecule has 126 valence electrons. The lowest BCUT2D eigenvalue weighted by molar-refractivity contribution is -0.121. The number of Topliss-reactive ketones (excluding diaryl/α,β-unsaturated/α-hetero) is 1. The molecule has 0 unspecified atom stereocenters. The number of carbonyl (C=O) groups is 2. The van der Waals surface area contributed by atoms with Gasteiger partial charge in [0.05, 0.1) is 0 Å². The number of carbonyl (C=O) groups excluding carboxylic acids is 2. The first-order chi connectivity index (χ1) is 11.5. The van der Waals surface area contributed by atoms with E-state index < -0.39 is 0 Å². The van der Waals surface area contributed by atoms with Crippen LogP contribution in [0.1, 0.15) is 39.9 Å². The van der Waals surface area contributed by atoms with Gasteiger partial charge in [0.1, 0.15) is 5.75 Å². The maximum atomic E-state index is 12.1. The van der Waals surface area contributed by atoms with Crippen LogP contribution < -0.4 is 5.32 Å². The molecule has 0 aliphatic heterocycles. The Hall–Kier alpha value is -2.62. The predicted octanol–water partition coefficient (Wildman–Crippen LogP) is 3.33. The molecule has 4 nitrogen and oxygen atoms in total. The molecule has 0 saturated carbocycles. The van der Waals surface area contributed by atoms with Crippen LogP contribution in [0.15, 0.2) is 42.5 Å². The van der Waals surface area contributed by atoms with Gasteiger partial charge in [-0.2, -0.15) is 0 Å². The molecule has 0 spiro atoms. The molecule has 4 heteroatoms. The van der Waals surface area contributed by atoms with Crippen LogP contribution >= 0.6 is 0 Å². The first-order valence-electron chi connectivity index (χ1n) is 8.11. The van der Waals surface area contributed by atoms with Crippen molar-refractivity contribution in [2.24, 2.45) is 0 Å². The number of hydrogen-bond donors (Lipinski definition) is 2. The van der Waals surface area contributed by atoms with Crippen molar-refractivity contribution in [2.45, 2.75) is 33.1 Å². The van der Waals surface area contributed by atoms with Gasteiger partial charge in [-0.1, -0.05) is 30.3 Å². The standard InChI is InChI=1S/C20H23NO3/c1-14-7-8-17(13-15(14)2)19(23)9-10-20(24)21-12-11-16-5-3-4-6-18(16)22/h3-8,13,22H,9-12H2,1-2H3,(H,21,24). The quantitative estimate of drug-likeness (QED) is 0.767. The second kappa shape index (κ2) is 8.29. The fourth-order valence-corrected chi connectivity index (χ4v) is 2.43. The largest absolute Gasteiger partial charge is 0.508 e. The second-order valence-electron chi connectivity index (χ2n) is 5.95. The third kappa shape index (κ3) is 4.95. The Labute approximate surface area is 142 Å². The highest BCUT2D eigenvalue weighted by molar-refractivity contribution is 5.98. The number of hydrogen-bond acceptors (Lipinski definition) is 3. The van der Waals surface area contributed by atoms with Crippen LogP contribution in [0.3, 0.4) is 0 Å². The summed E-state index contributed by atoms with van der Waals surface area (Å²) in [7, 11) is 0. The number of phenols is 1. The molecule has 0 heterocycles. The average Bonchev–Trinajstić information content (AvgIpc) is 2.57. The number of benzene rings is 2. The third-order valence-electron chi connectivity index (χ3n) is 4.12. The number of para-hydroxylation sites is 1. The molecule has 2 rings (SSSR count). The zero-order valence-corrected chi connectivity index (χ0v) is 14.1. The smallest absolute Gasteiger partial charge is 0.220 e. The van der Waals surface area contributed by atoms with Gasteiger partial charge in [0, 0.05) is 24.9 Å². The molecule has 0 atom stereocenters. The number of ketones is 1. The van der Waals surface area contributed by atoms with Crippen LogP contribution in [0.25, 0.3) is 0 Å². The second-order valence-corrected chi connectivity index (χ2v) is 5.95. The van der Waals surface area contributed by atoms with Crippen LogP contribution in [0.4, 0.5) is 0 Å². The van der Waals surface area contributed by atoms with E-state index in [0.717, 1.165) is 16.7 Å². The molecule has 0 aliphatic carbocycles. The summed E-state index contributed by atoms with van der Waals surface area (Å²) in [4.78, 5) is 24.0. The summed E-state index contributed by atoms with van der Waals surface area (Å²) in [5, 5.41) is 12.4. The summed E-state index contributed by atoms with van der Waals surface area (Å²) in [5.74, 6) is 0.0632. The van der Waals surface area contributed by atoms with Gasteiger partial charge in [0.15, 0.2) is 5.78 Å². The van der Waals surface area contributed by atoms with Gasteiger partial charge >= 0.3 is 0 Å². The third-order valence-corrected chi connectivity index (χ3v) is 4.12. The van der Waals surface area contributed by atoms with Crippen molar-refractivity contribution in [1.29, 1.82) is 0 Å². The molecule has 2 N–H and O–H groups in total. The summed E-state index contributed by atoms with van der Waals surface area (Å²) in [6.45, 7) is 4.41. The molecule has 2 aromatic rings. The van der Waals surface area contributed by atoms with E-state index in [0.29, 0.717) is 18.5 Å². The number of aromatic hydroxyl groups is 1. The van der Waals surface area contributed by atoms with Crippen molar-refractivity contribution in [3.63, 3.8) is 0 Å². The van der Waals surface area contributed by atoms with Gasteiger partial charge in [-0.15, -0.1) is 0 Å². The monoisotopic (exact) mass is 325 g/mol. The predicted molar refractivity (Wildman–Crippen MR) is 94.3 cm³/mol. The number of nitrogens with one attached hydrogen (secondary N) is 1. The van der Waals surface area contributed by atoms with Crippen molar-refractivity contribution in [2.75, 3.05) is 6.54 Å². The van der Waals surface area contributed by atoms with E-state index in [2.05, 4.69) is 5.32 Å². The summed E-state index contributed by atoms with van der Waals surface area (Å²) < 4.78 is 0. The lowest BCUT2D eigenvalue weighted by atomic mass is 10.0. The topological polar surface area (TPSA) is 66.4 Å². The molecule has 0 aromatic heterocycles. The zero-order chi connectivity index (χ0) is 17.5. The van der Waals surface area contributed by atoms with Crippen molar-refractivity contribution in [3.05, 3.63) is 64.7 Å². The maximum Gasteiger partial charge on any atom is 0.220 e. The molecule has 0 bridgehead atoms. The number of amides is 1. The minimum Gasteiger partial charge on any atom is -0.508 e. The van der Waals surface area contributed by atoms with Crippen LogP contribution in [0.2, 0.25) is 0 Å². The molecule has 2 aromatic carbocycles. The highest BCUT2D eigenvalue weighted by Crippen LogP contribution is 2.15. The first-order valence-corrected chi connectivity index (χ1v) is 8.11. The van der Waals surface area contributed by atoms with Gasteiger partial charge in [0.25, 0.3) is 0 Å². The normalized spacial score (nSPS) is 10.4. The van der Waals surface area contributed by atoms with Crippen LogP contribution in [-0.4, -0.2) is 23.3 Å².